The average molecular weight is 247 g/mol. The third-order valence-corrected chi connectivity index (χ3v) is 4.12. The molecule has 1 fully saturated rings. The molecule has 0 bridgehead atoms. The Kier molecular flexibility index (Phi) is 4.72. The first-order valence-corrected chi connectivity index (χ1v) is 7.02. The fraction of sp³-hybridized carbons (Fsp3) is 0.667. The zero-order chi connectivity index (χ0) is 12.8. The van der Waals surface area contributed by atoms with Gasteiger partial charge in [0, 0.05) is 32.0 Å². The fourth-order valence-corrected chi connectivity index (χ4v) is 3.01. The topological polar surface area (TPSA) is 28.2 Å². The van der Waals surface area contributed by atoms with E-state index in [1.807, 2.05) is 12.4 Å². The molecule has 0 saturated carbocycles. The Balaban J connectivity index is 1.91. The van der Waals surface area contributed by atoms with Gasteiger partial charge in [-0.3, -0.25) is 4.98 Å². The molecule has 1 N–H and O–H groups in total. The third-order valence-electron chi connectivity index (χ3n) is 4.12. The highest BCUT2D eigenvalue weighted by molar-refractivity contribution is 5.09. The first-order chi connectivity index (χ1) is 8.74. The van der Waals surface area contributed by atoms with Crippen molar-refractivity contribution in [3.05, 3.63) is 30.1 Å². The fourth-order valence-electron chi connectivity index (χ4n) is 3.01. The van der Waals surface area contributed by atoms with E-state index in [4.69, 9.17) is 0 Å². The first kappa shape index (κ1) is 13.5. The quantitative estimate of drug-likeness (QED) is 0.865. The summed E-state index contributed by atoms with van der Waals surface area (Å²) in [4.78, 5) is 6.52. The number of pyridine rings is 1. The zero-order valence-electron chi connectivity index (χ0n) is 11.7. The highest BCUT2D eigenvalue weighted by atomic mass is 15.1. The van der Waals surface area contributed by atoms with Crippen LogP contribution in [0.2, 0.25) is 0 Å². The second kappa shape index (κ2) is 6.30. The van der Waals surface area contributed by atoms with Crippen molar-refractivity contribution >= 4 is 0 Å². The maximum Gasteiger partial charge on any atom is 0.0271 e. The second-order valence-electron chi connectivity index (χ2n) is 5.66. The lowest BCUT2D eigenvalue weighted by Crippen LogP contribution is -2.46. The van der Waals surface area contributed by atoms with Gasteiger partial charge >= 0.3 is 0 Å². The maximum atomic E-state index is 4.07. The number of nitrogens with zero attached hydrogens (tertiary/aromatic N) is 2. The van der Waals surface area contributed by atoms with Crippen LogP contribution in [-0.4, -0.2) is 36.6 Å². The van der Waals surface area contributed by atoms with Crippen LogP contribution in [0.3, 0.4) is 0 Å². The Labute approximate surface area is 111 Å². The molecule has 18 heavy (non-hydrogen) atoms. The Bertz CT molecular complexity index is 344. The summed E-state index contributed by atoms with van der Waals surface area (Å²) in [5.41, 5.74) is 1.82. The van der Waals surface area contributed by atoms with Gasteiger partial charge in [0.05, 0.1) is 0 Å². The van der Waals surface area contributed by atoms with Gasteiger partial charge in [0.1, 0.15) is 0 Å². The monoisotopic (exact) mass is 247 g/mol. The van der Waals surface area contributed by atoms with E-state index in [1.165, 1.54) is 44.5 Å². The lowest BCUT2D eigenvalue weighted by atomic mass is 9.78. The smallest absolute Gasteiger partial charge is 0.0271 e. The summed E-state index contributed by atoms with van der Waals surface area (Å²) in [6, 6.07) is 4.21. The van der Waals surface area contributed by atoms with Crippen LogP contribution in [-0.2, 0) is 6.54 Å². The van der Waals surface area contributed by atoms with E-state index in [9.17, 15) is 0 Å². The Morgan fingerprint density at radius 1 is 1.39 bits per heavy atom. The number of piperidine rings is 1. The summed E-state index contributed by atoms with van der Waals surface area (Å²) in [6.07, 6.45) is 7.69. The molecule has 0 aromatic carbocycles. The molecule has 0 spiro atoms. The van der Waals surface area contributed by atoms with Crippen LogP contribution in [0.5, 0.6) is 0 Å². The normalized spacial score (nSPS) is 24.4. The molecule has 0 radical (unpaired) electrons. The molecule has 1 aromatic heterocycles. The van der Waals surface area contributed by atoms with Crippen LogP contribution in [0.25, 0.3) is 0 Å². The molecule has 0 amide bonds. The third kappa shape index (κ3) is 3.53. The van der Waals surface area contributed by atoms with Crippen molar-refractivity contribution in [3.63, 3.8) is 0 Å². The minimum absolute atomic E-state index is 0.472. The number of hydrogen-bond acceptors (Lipinski definition) is 3. The van der Waals surface area contributed by atoms with Crippen LogP contribution in [0.1, 0.15) is 31.7 Å². The van der Waals surface area contributed by atoms with Gasteiger partial charge in [0.15, 0.2) is 0 Å². The molecule has 1 aromatic rings. The molecule has 1 atom stereocenters. The number of hydrogen-bond donors (Lipinski definition) is 1. The number of nitrogens with one attached hydrogen (secondary N) is 1. The highest BCUT2D eigenvalue weighted by Gasteiger charge is 2.31. The van der Waals surface area contributed by atoms with Crippen LogP contribution in [0.15, 0.2) is 24.5 Å². The van der Waals surface area contributed by atoms with E-state index in [-0.39, 0.29) is 0 Å². The van der Waals surface area contributed by atoms with Crippen molar-refractivity contribution in [1.29, 1.82) is 0 Å². The molecular formula is C15H25N3. The average Bonchev–Trinajstić information content (AvgIpc) is 2.41. The Morgan fingerprint density at radius 3 is 2.78 bits per heavy atom. The minimum atomic E-state index is 0.472. The summed E-state index contributed by atoms with van der Waals surface area (Å²) in [7, 11) is 2.23. The van der Waals surface area contributed by atoms with E-state index >= 15 is 0 Å². The van der Waals surface area contributed by atoms with Crippen LogP contribution >= 0.6 is 0 Å². The van der Waals surface area contributed by atoms with Crippen molar-refractivity contribution in [2.45, 2.75) is 32.7 Å². The van der Waals surface area contributed by atoms with Gasteiger partial charge in [-0.15, -0.1) is 0 Å². The summed E-state index contributed by atoms with van der Waals surface area (Å²) < 4.78 is 0. The second-order valence-corrected chi connectivity index (χ2v) is 5.66. The van der Waals surface area contributed by atoms with Gasteiger partial charge in [-0.2, -0.15) is 0 Å². The van der Waals surface area contributed by atoms with Gasteiger partial charge in [0.2, 0.25) is 0 Å². The predicted octanol–water partition coefficient (Wildman–Crippen LogP) is 2.29. The van der Waals surface area contributed by atoms with Gasteiger partial charge in [-0.25, -0.2) is 0 Å². The molecular weight excluding hydrogens is 222 g/mol. The standard InChI is InChI=1S/C15H25N3/c1-3-15(7-4-8-17-12-15)13-18(2)11-14-5-9-16-10-6-14/h5-6,9-10,17H,3-4,7-8,11-13H2,1-2H3. The largest absolute Gasteiger partial charge is 0.316 e. The minimum Gasteiger partial charge on any atom is -0.316 e. The Hall–Kier alpha value is -0.930. The van der Waals surface area contributed by atoms with E-state index < -0.39 is 0 Å². The molecule has 3 nitrogen and oxygen atoms in total. The van der Waals surface area contributed by atoms with Gasteiger partial charge in [-0.05, 0) is 56.0 Å². The van der Waals surface area contributed by atoms with Crippen LogP contribution < -0.4 is 5.32 Å². The number of rotatable bonds is 5. The van der Waals surface area contributed by atoms with Crippen molar-refractivity contribution in [3.8, 4) is 0 Å². The van der Waals surface area contributed by atoms with Crippen LogP contribution in [0, 0.1) is 5.41 Å². The van der Waals surface area contributed by atoms with Gasteiger partial charge in [0.25, 0.3) is 0 Å². The molecule has 100 valence electrons. The molecule has 1 saturated heterocycles. The van der Waals surface area contributed by atoms with Crippen LogP contribution in [0.4, 0.5) is 0 Å². The zero-order valence-corrected chi connectivity index (χ0v) is 11.7. The lowest BCUT2D eigenvalue weighted by molar-refractivity contribution is 0.125. The molecule has 3 heteroatoms. The molecule has 1 aliphatic rings. The van der Waals surface area contributed by atoms with E-state index in [2.05, 4.69) is 41.3 Å². The molecule has 2 heterocycles. The summed E-state index contributed by atoms with van der Waals surface area (Å²) in [6.45, 7) is 6.89. The van der Waals surface area contributed by atoms with Crippen molar-refractivity contribution < 1.29 is 0 Å². The molecule has 0 aliphatic carbocycles. The lowest BCUT2D eigenvalue weighted by Gasteiger charge is -2.40. The van der Waals surface area contributed by atoms with Crippen molar-refractivity contribution in [2.24, 2.45) is 5.41 Å². The molecule has 1 aliphatic heterocycles. The van der Waals surface area contributed by atoms with Crippen molar-refractivity contribution in [1.82, 2.24) is 15.2 Å². The van der Waals surface area contributed by atoms with Gasteiger partial charge in [-0.1, -0.05) is 6.92 Å². The van der Waals surface area contributed by atoms with Gasteiger partial charge < -0.3 is 10.2 Å². The SMILES string of the molecule is CCC1(CN(C)Cc2ccncc2)CCCNC1. The number of aromatic nitrogens is 1. The molecule has 1 unspecified atom stereocenters. The first-order valence-electron chi connectivity index (χ1n) is 7.02. The van der Waals surface area contributed by atoms with Crippen molar-refractivity contribution in [2.75, 3.05) is 26.7 Å². The van der Waals surface area contributed by atoms with E-state index in [0.717, 1.165) is 6.54 Å². The summed E-state index contributed by atoms with van der Waals surface area (Å²) >= 11 is 0. The predicted molar refractivity (Wildman–Crippen MR) is 75.4 cm³/mol. The molecule has 2 rings (SSSR count). The summed E-state index contributed by atoms with van der Waals surface area (Å²) in [5, 5.41) is 3.56. The highest BCUT2D eigenvalue weighted by Crippen LogP contribution is 2.31. The van der Waals surface area contributed by atoms with E-state index in [1.54, 1.807) is 0 Å². The van der Waals surface area contributed by atoms with E-state index in [0.29, 0.717) is 5.41 Å². The maximum absolute atomic E-state index is 4.07. The Morgan fingerprint density at radius 2 is 2.17 bits per heavy atom. The summed E-state index contributed by atoms with van der Waals surface area (Å²) in [5.74, 6) is 0.